The highest BCUT2D eigenvalue weighted by Crippen LogP contribution is 2.39. The minimum atomic E-state index is -3.03. The van der Waals surface area contributed by atoms with Gasteiger partial charge in [0.25, 0.3) is 0 Å². The number of carbonyl (C=O) groups is 1. The molecule has 0 saturated carbocycles. The molecule has 4 nitrogen and oxygen atoms in total. The highest BCUT2D eigenvalue weighted by Gasteiger charge is 2.31. The first-order valence-electron chi connectivity index (χ1n) is 13.0. The van der Waals surface area contributed by atoms with Crippen molar-refractivity contribution in [2.45, 2.75) is 58.8 Å². The van der Waals surface area contributed by atoms with Gasteiger partial charge in [0.05, 0.1) is 13.2 Å². The molecule has 0 heterocycles. The quantitative estimate of drug-likeness (QED) is 0.192. The number of ketones is 1. The number of ether oxygens (including phenoxy) is 2. The molecular weight excluding hydrogens is 473 g/mol. The van der Waals surface area contributed by atoms with E-state index in [2.05, 4.69) is 13.8 Å². The van der Waals surface area contributed by atoms with E-state index in [1.54, 1.807) is 6.08 Å². The summed E-state index contributed by atoms with van der Waals surface area (Å²) in [5.74, 6) is 0.734. The van der Waals surface area contributed by atoms with Gasteiger partial charge in [-0.25, -0.2) is 8.63 Å². The van der Waals surface area contributed by atoms with Crippen molar-refractivity contribution < 1.29 is 27.6 Å². The second-order valence-electron chi connectivity index (χ2n) is 9.07. The summed E-state index contributed by atoms with van der Waals surface area (Å²) < 4.78 is 43.0. The lowest BCUT2D eigenvalue weighted by Gasteiger charge is -2.27. The average Bonchev–Trinajstić information content (AvgIpc) is 2.87. The smallest absolute Gasteiger partial charge is 0.505 e. The molecule has 0 aromatic heterocycles. The zero-order valence-corrected chi connectivity index (χ0v) is 21.8. The molecule has 3 rings (SSSR count). The normalized spacial score (nSPS) is 15.5. The van der Waals surface area contributed by atoms with Crippen LogP contribution in [-0.4, -0.2) is 26.5 Å². The predicted octanol–water partition coefficient (Wildman–Crippen LogP) is 7.96. The Morgan fingerprint density at radius 2 is 1.65 bits per heavy atom. The fourth-order valence-electron chi connectivity index (χ4n) is 4.20. The van der Waals surface area contributed by atoms with Gasteiger partial charge in [-0.3, -0.25) is 4.79 Å². The minimum absolute atomic E-state index is 0.0849. The van der Waals surface area contributed by atoms with Crippen LogP contribution in [0.4, 0.5) is 8.63 Å². The maximum absolute atomic E-state index is 13.3. The van der Waals surface area contributed by atoms with Crippen molar-refractivity contribution in [3.05, 3.63) is 88.7 Å². The lowest BCUT2D eigenvalue weighted by Crippen LogP contribution is -2.19. The second kappa shape index (κ2) is 14.4. The molecule has 1 atom stereocenters. The molecule has 0 spiro atoms. The molecule has 0 aliphatic heterocycles. The maximum atomic E-state index is 13.3. The molecule has 2 aromatic rings. The molecule has 37 heavy (non-hydrogen) atoms. The number of halogens is 2. The predicted molar refractivity (Wildman–Crippen MR) is 145 cm³/mol. The van der Waals surface area contributed by atoms with Gasteiger partial charge in [0.2, 0.25) is 0 Å². The molecule has 0 fully saturated rings. The molecule has 7 heteroatoms. The SMILES string of the molecule is CCCCOc1ccc(C2CC(/C=C\c3cccc(OCCCC)c3)=CC(OB(F)F)=C2C(C)=O)cc1. The molecule has 1 aliphatic carbocycles. The van der Waals surface area contributed by atoms with Crippen molar-refractivity contribution in [2.24, 2.45) is 0 Å². The van der Waals surface area contributed by atoms with Crippen LogP contribution in [0.5, 0.6) is 11.5 Å². The summed E-state index contributed by atoms with van der Waals surface area (Å²) in [5, 5.41) is 0. The van der Waals surface area contributed by atoms with E-state index < -0.39 is 13.4 Å². The minimum Gasteiger partial charge on any atom is -0.505 e. The maximum Gasteiger partial charge on any atom is 0.796 e. The van der Waals surface area contributed by atoms with E-state index in [-0.39, 0.29) is 17.1 Å². The third-order valence-corrected chi connectivity index (χ3v) is 6.13. The molecule has 0 amide bonds. The van der Waals surface area contributed by atoms with Gasteiger partial charge in [0.15, 0.2) is 5.78 Å². The van der Waals surface area contributed by atoms with Crippen molar-refractivity contribution in [1.29, 1.82) is 0 Å². The molecule has 0 radical (unpaired) electrons. The van der Waals surface area contributed by atoms with Crippen LogP contribution in [0.15, 0.2) is 77.6 Å². The van der Waals surface area contributed by atoms with Gasteiger partial charge in [0.1, 0.15) is 17.3 Å². The number of Topliss-reactive ketones (excluding diaryl/α,β-unsaturated/α-hetero) is 1. The summed E-state index contributed by atoms with van der Waals surface area (Å²) in [5.41, 5.74) is 2.81. The zero-order chi connectivity index (χ0) is 26.6. The van der Waals surface area contributed by atoms with Crippen LogP contribution in [0.25, 0.3) is 6.08 Å². The Bertz CT molecular complexity index is 1120. The number of unbranched alkanes of at least 4 members (excludes halogenated alkanes) is 2. The average molecular weight is 508 g/mol. The number of rotatable bonds is 14. The van der Waals surface area contributed by atoms with E-state index >= 15 is 0 Å². The summed E-state index contributed by atoms with van der Waals surface area (Å²) in [6.07, 6.45) is 9.86. The van der Waals surface area contributed by atoms with Gasteiger partial charge < -0.3 is 14.1 Å². The van der Waals surface area contributed by atoms with Gasteiger partial charge >= 0.3 is 7.47 Å². The van der Waals surface area contributed by atoms with Crippen LogP contribution in [0.3, 0.4) is 0 Å². The Balaban J connectivity index is 1.87. The van der Waals surface area contributed by atoms with Gasteiger partial charge in [-0.1, -0.05) is 63.1 Å². The van der Waals surface area contributed by atoms with Gasteiger partial charge in [-0.2, -0.15) is 0 Å². The van der Waals surface area contributed by atoms with Crippen molar-refractivity contribution >= 4 is 19.3 Å². The largest absolute Gasteiger partial charge is 0.796 e. The van der Waals surface area contributed by atoms with E-state index in [4.69, 9.17) is 14.1 Å². The van der Waals surface area contributed by atoms with Crippen LogP contribution in [0.2, 0.25) is 0 Å². The van der Waals surface area contributed by atoms with E-state index in [1.165, 1.54) is 6.92 Å². The summed E-state index contributed by atoms with van der Waals surface area (Å²) >= 11 is 0. The van der Waals surface area contributed by atoms with Gasteiger partial charge in [-0.05, 0) is 73.2 Å². The number of hydrogen-bond acceptors (Lipinski definition) is 4. The molecule has 1 unspecified atom stereocenters. The van der Waals surface area contributed by atoms with Gasteiger partial charge in [-0.15, -0.1) is 0 Å². The zero-order valence-electron chi connectivity index (χ0n) is 21.8. The summed E-state index contributed by atoms with van der Waals surface area (Å²) in [6, 6.07) is 15.2. The Kier molecular flexibility index (Phi) is 11.0. The van der Waals surface area contributed by atoms with Crippen LogP contribution >= 0.6 is 0 Å². The lowest BCUT2D eigenvalue weighted by molar-refractivity contribution is -0.114. The van der Waals surface area contributed by atoms with E-state index in [0.717, 1.165) is 53.9 Å². The van der Waals surface area contributed by atoms with Crippen LogP contribution in [-0.2, 0) is 9.45 Å². The van der Waals surface area contributed by atoms with Crippen LogP contribution in [0, 0.1) is 0 Å². The Labute approximate surface area is 219 Å². The highest BCUT2D eigenvalue weighted by atomic mass is 19.2. The molecule has 0 bridgehead atoms. The fraction of sp³-hybridized carbons (Fsp3) is 0.367. The van der Waals surface area contributed by atoms with Crippen LogP contribution in [0.1, 0.15) is 69.9 Å². The first-order chi connectivity index (χ1) is 17.9. The van der Waals surface area contributed by atoms with Gasteiger partial charge in [0, 0.05) is 11.5 Å². The van der Waals surface area contributed by atoms with Crippen molar-refractivity contribution in [3.63, 3.8) is 0 Å². The molecule has 2 aromatic carbocycles. The Morgan fingerprint density at radius 3 is 2.27 bits per heavy atom. The lowest BCUT2D eigenvalue weighted by atomic mass is 9.79. The van der Waals surface area contributed by atoms with Crippen molar-refractivity contribution in [3.8, 4) is 11.5 Å². The van der Waals surface area contributed by atoms with E-state index in [9.17, 15) is 13.4 Å². The number of benzene rings is 2. The number of carbonyl (C=O) groups excluding carboxylic acids is 1. The third-order valence-electron chi connectivity index (χ3n) is 6.13. The Morgan fingerprint density at radius 1 is 0.973 bits per heavy atom. The standard InChI is InChI=1S/C30H35BF2O4/c1-4-6-17-35-26-15-13-25(14-16-26)28-20-24(21-29(37-31(32)33)30(28)22(3)34)12-11-23-9-8-10-27(19-23)36-18-7-5-2/h8-16,19,21,28H,4-7,17-18,20H2,1-3H3/b12-11-. The molecule has 0 N–H and O–H groups in total. The number of hydrogen-bond donors (Lipinski definition) is 0. The van der Waals surface area contributed by atoms with E-state index in [0.29, 0.717) is 19.6 Å². The summed E-state index contributed by atoms with van der Waals surface area (Å²) in [6.45, 7) is 6.89. The highest BCUT2D eigenvalue weighted by molar-refractivity contribution is 6.35. The Hall–Kier alpha value is -3.35. The molecule has 0 saturated heterocycles. The van der Waals surface area contributed by atoms with E-state index in [1.807, 2.05) is 60.7 Å². The molecule has 196 valence electrons. The first kappa shape index (κ1) is 28.2. The summed E-state index contributed by atoms with van der Waals surface area (Å²) in [4.78, 5) is 12.6. The summed E-state index contributed by atoms with van der Waals surface area (Å²) in [7, 11) is -3.03. The topological polar surface area (TPSA) is 44.8 Å². The van der Waals surface area contributed by atoms with Crippen molar-refractivity contribution in [2.75, 3.05) is 13.2 Å². The number of allylic oxidation sites excluding steroid dienone is 4. The third kappa shape index (κ3) is 8.62. The molecule has 1 aliphatic rings. The monoisotopic (exact) mass is 508 g/mol. The van der Waals surface area contributed by atoms with Crippen molar-refractivity contribution in [1.82, 2.24) is 0 Å². The first-order valence-corrected chi connectivity index (χ1v) is 13.0. The molecular formula is C30H35BF2O4. The van der Waals surface area contributed by atoms with Crippen LogP contribution < -0.4 is 9.47 Å². The second-order valence-corrected chi connectivity index (χ2v) is 9.07. The fourth-order valence-corrected chi connectivity index (χ4v) is 4.20.